The van der Waals surface area contributed by atoms with Gasteiger partial charge < -0.3 is 4.79 Å². The Morgan fingerprint density at radius 2 is 2.00 bits per heavy atom. The normalized spacial score (nSPS) is 23.8. The topological polar surface area (TPSA) is 37.4 Å². The zero-order chi connectivity index (χ0) is 12.7. The zero-order valence-corrected chi connectivity index (χ0v) is 10.9. The van der Waals surface area contributed by atoms with E-state index in [0.29, 0.717) is 18.9 Å². The van der Waals surface area contributed by atoms with E-state index in [4.69, 9.17) is 0 Å². The van der Waals surface area contributed by atoms with Gasteiger partial charge in [-0.15, -0.1) is 0 Å². The molecular weight excluding hydrogens is 214 g/mol. The molecule has 1 aliphatic rings. The molecule has 0 saturated carbocycles. The smallest absolute Gasteiger partial charge is 0.143 e. The summed E-state index contributed by atoms with van der Waals surface area (Å²) in [6.07, 6.45) is 8.10. The van der Waals surface area contributed by atoms with Crippen LogP contribution in [0.3, 0.4) is 0 Å². The highest BCUT2D eigenvalue weighted by Gasteiger charge is 2.13. The van der Waals surface area contributed by atoms with Crippen molar-refractivity contribution in [2.45, 2.75) is 39.5 Å². The lowest BCUT2D eigenvalue weighted by molar-refractivity contribution is -0.118. The Balaban J connectivity index is 2.41. The van der Waals surface area contributed by atoms with E-state index in [1.165, 1.54) is 0 Å². The number of nitrogens with zero attached hydrogens (tertiary/aromatic N) is 1. The van der Waals surface area contributed by atoms with Gasteiger partial charge in [-0.3, -0.25) is 9.69 Å². The van der Waals surface area contributed by atoms with Crippen molar-refractivity contribution in [3.05, 3.63) is 12.2 Å². The van der Waals surface area contributed by atoms with E-state index in [9.17, 15) is 9.59 Å². The Kier molecular flexibility index (Phi) is 6.12. The highest BCUT2D eigenvalue weighted by atomic mass is 16.1. The summed E-state index contributed by atoms with van der Waals surface area (Å²) in [5.74, 6) is 0.990. The van der Waals surface area contributed by atoms with Gasteiger partial charge in [0.05, 0.1) is 6.54 Å². The van der Waals surface area contributed by atoms with Crippen LogP contribution in [0.15, 0.2) is 12.2 Å². The molecule has 3 nitrogen and oxygen atoms in total. The fraction of sp³-hybridized carbons (Fsp3) is 0.714. The van der Waals surface area contributed by atoms with E-state index < -0.39 is 0 Å². The first-order valence-electron chi connectivity index (χ1n) is 6.46. The summed E-state index contributed by atoms with van der Waals surface area (Å²) in [5.41, 5.74) is 0. The number of hydrogen-bond acceptors (Lipinski definition) is 3. The van der Waals surface area contributed by atoms with E-state index in [-0.39, 0.29) is 11.6 Å². The van der Waals surface area contributed by atoms with Gasteiger partial charge in [-0.05, 0) is 45.6 Å². The molecular formula is C14H23NO2. The molecule has 0 aromatic rings. The highest BCUT2D eigenvalue weighted by Crippen LogP contribution is 2.17. The van der Waals surface area contributed by atoms with Gasteiger partial charge in [0.2, 0.25) is 0 Å². The third-order valence-corrected chi connectivity index (χ3v) is 3.15. The molecule has 1 atom stereocenters. The van der Waals surface area contributed by atoms with Crippen LogP contribution in [0.2, 0.25) is 0 Å². The molecule has 0 aromatic heterocycles. The maximum Gasteiger partial charge on any atom is 0.143 e. The fourth-order valence-corrected chi connectivity index (χ4v) is 2.20. The van der Waals surface area contributed by atoms with Gasteiger partial charge in [0, 0.05) is 13.0 Å². The van der Waals surface area contributed by atoms with Gasteiger partial charge in [-0.25, -0.2) is 0 Å². The first-order valence-corrected chi connectivity index (χ1v) is 6.46. The third-order valence-electron chi connectivity index (χ3n) is 3.15. The van der Waals surface area contributed by atoms with Crippen molar-refractivity contribution < 1.29 is 9.59 Å². The van der Waals surface area contributed by atoms with Crippen LogP contribution in [0, 0.1) is 5.92 Å². The standard InChI is InChI=1S/C14H23NO2/c1-12(16)6-7-14-5-3-4-9-15(10-8-14)11-13(2)17/h3,5,14H,4,6-11H2,1-2H3/b5-3+. The number of Topliss-reactive ketones (excluding diaryl/α,β-unsaturated/α-hetero) is 2. The zero-order valence-electron chi connectivity index (χ0n) is 10.9. The highest BCUT2D eigenvalue weighted by molar-refractivity contribution is 5.77. The fourth-order valence-electron chi connectivity index (χ4n) is 2.20. The first-order chi connectivity index (χ1) is 8.08. The number of allylic oxidation sites excluding steroid dienone is 1. The molecule has 0 N–H and O–H groups in total. The quantitative estimate of drug-likeness (QED) is 0.688. The predicted octanol–water partition coefficient (Wildman–Crippen LogP) is 2.21. The summed E-state index contributed by atoms with van der Waals surface area (Å²) in [6, 6.07) is 0. The van der Waals surface area contributed by atoms with Crippen molar-refractivity contribution >= 4 is 11.6 Å². The van der Waals surface area contributed by atoms with Crippen molar-refractivity contribution in [3.63, 3.8) is 0 Å². The minimum Gasteiger partial charge on any atom is -0.300 e. The van der Waals surface area contributed by atoms with Gasteiger partial charge in [0.1, 0.15) is 11.6 Å². The van der Waals surface area contributed by atoms with Gasteiger partial charge in [-0.2, -0.15) is 0 Å². The summed E-state index contributed by atoms with van der Waals surface area (Å²) in [7, 11) is 0. The molecule has 0 aromatic carbocycles. The summed E-state index contributed by atoms with van der Waals surface area (Å²) in [5, 5.41) is 0. The van der Waals surface area contributed by atoms with Crippen LogP contribution in [0.1, 0.15) is 39.5 Å². The maximum atomic E-state index is 11.1. The molecule has 3 heteroatoms. The van der Waals surface area contributed by atoms with Crippen LogP contribution in [0.5, 0.6) is 0 Å². The average molecular weight is 237 g/mol. The molecule has 0 fully saturated rings. The average Bonchev–Trinajstić information content (AvgIpc) is 2.20. The molecule has 1 rings (SSSR count). The lowest BCUT2D eigenvalue weighted by Crippen LogP contribution is -2.32. The Bertz CT molecular complexity index is 297. The van der Waals surface area contributed by atoms with E-state index in [2.05, 4.69) is 17.1 Å². The van der Waals surface area contributed by atoms with Crippen LogP contribution in [-0.4, -0.2) is 36.1 Å². The minimum absolute atomic E-state index is 0.231. The largest absolute Gasteiger partial charge is 0.300 e. The van der Waals surface area contributed by atoms with Crippen molar-refractivity contribution in [2.24, 2.45) is 5.92 Å². The molecule has 17 heavy (non-hydrogen) atoms. The third kappa shape index (κ3) is 6.37. The molecule has 0 bridgehead atoms. The van der Waals surface area contributed by atoms with Crippen LogP contribution in [0.4, 0.5) is 0 Å². The minimum atomic E-state index is 0.231. The SMILES string of the molecule is CC(=O)CCC1/C=C/CCN(CC(C)=O)CC1. The Hall–Kier alpha value is -0.960. The number of carbonyl (C=O) groups is 2. The monoisotopic (exact) mass is 237 g/mol. The van der Waals surface area contributed by atoms with Gasteiger partial charge >= 0.3 is 0 Å². The summed E-state index contributed by atoms with van der Waals surface area (Å²) in [6.45, 7) is 5.78. The second-order valence-corrected chi connectivity index (χ2v) is 4.98. The van der Waals surface area contributed by atoms with Crippen LogP contribution >= 0.6 is 0 Å². The molecule has 0 radical (unpaired) electrons. The Morgan fingerprint density at radius 3 is 2.65 bits per heavy atom. The van der Waals surface area contributed by atoms with E-state index in [1.54, 1.807) is 13.8 Å². The van der Waals surface area contributed by atoms with Crippen LogP contribution in [-0.2, 0) is 9.59 Å². The molecule has 0 saturated heterocycles. The summed E-state index contributed by atoms with van der Waals surface area (Å²) < 4.78 is 0. The van der Waals surface area contributed by atoms with Crippen molar-refractivity contribution in [1.29, 1.82) is 0 Å². The van der Waals surface area contributed by atoms with E-state index in [1.807, 2.05) is 0 Å². The lowest BCUT2D eigenvalue weighted by Gasteiger charge is -2.24. The van der Waals surface area contributed by atoms with Crippen LogP contribution in [0.25, 0.3) is 0 Å². The van der Waals surface area contributed by atoms with Crippen LogP contribution < -0.4 is 0 Å². The Labute approximate surface area is 104 Å². The molecule has 1 heterocycles. The lowest BCUT2D eigenvalue weighted by atomic mass is 9.96. The van der Waals surface area contributed by atoms with Crippen molar-refractivity contribution in [3.8, 4) is 0 Å². The molecule has 96 valence electrons. The molecule has 0 aliphatic carbocycles. The first kappa shape index (κ1) is 14.1. The maximum absolute atomic E-state index is 11.1. The number of rotatable bonds is 5. The van der Waals surface area contributed by atoms with Crippen molar-refractivity contribution in [2.75, 3.05) is 19.6 Å². The van der Waals surface area contributed by atoms with E-state index >= 15 is 0 Å². The second-order valence-electron chi connectivity index (χ2n) is 4.98. The summed E-state index contributed by atoms with van der Waals surface area (Å²) >= 11 is 0. The van der Waals surface area contributed by atoms with Gasteiger partial charge in [0.15, 0.2) is 0 Å². The van der Waals surface area contributed by atoms with Crippen molar-refractivity contribution in [1.82, 2.24) is 4.90 Å². The number of ketones is 2. The predicted molar refractivity (Wildman–Crippen MR) is 68.9 cm³/mol. The molecule has 1 unspecified atom stereocenters. The number of hydrogen-bond donors (Lipinski definition) is 0. The van der Waals surface area contributed by atoms with Gasteiger partial charge in [-0.1, -0.05) is 12.2 Å². The Morgan fingerprint density at radius 1 is 1.24 bits per heavy atom. The van der Waals surface area contributed by atoms with Gasteiger partial charge in [0.25, 0.3) is 0 Å². The number of carbonyl (C=O) groups excluding carboxylic acids is 2. The molecule has 0 amide bonds. The van der Waals surface area contributed by atoms with E-state index in [0.717, 1.165) is 32.4 Å². The summed E-state index contributed by atoms with van der Waals surface area (Å²) in [4.78, 5) is 24.3. The molecule has 0 spiro atoms. The molecule has 1 aliphatic heterocycles. The second kappa shape index (κ2) is 7.38.